The summed E-state index contributed by atoms with van der Waals surface area (Å²) >= 11 is 0. The van der Waals surface area contributed by atoms with Crippen LogP contribution in [0.1, 0.15) is 42.7 Å². The third-order valence-electron chi connectivity index (χ3n) is 8.69. The van der Waals surface area contributed by atoms with Crippen LogP contribution in [0.15, 0.2) is 74.1 Å². The van der Waals surface area contributed by atoms with Gasteiger partial charge in [0.05, 0.1) is 25.6 Å². The van der Waals surface area contributed by atoms with Crippen molar-refractivity contribution < 1.29 is 24.2 Å². The molecule has 8 rings (SSSR count). The summed E-state index contributed by atoms with van der Waals surface area (Å²) in [5, 5.41) is 42.0. The molecule has 2 aliphatic heterocycles. The van der Waals surface area contributed by atoms with Gasteiger partial charge in [-0.25, -0.2) is 19.0 Å². The minimum Gasteiger partial charge on any atom is -0.481 e. The number of ether oxygens (including phenoxy) is 2. The van der Waals surface area contributed by atoms with Crippen molar-refractivity contribution in [2.45, 2.75) is 31.6 Å². The highest BCUT2D eigenvalue weighted by atomic mass is 16.5. The van der Waals surface area contributed by atoms with Crippen LogP contribution in [-0.4, -0.2) is 112 Å². The highest BCUT2D eigenvalue weighted by Gasteiger charge is 2.27. The Morgan fingerprint density at radius 1 is 0.852 bits per heavy atom. The van der Waals surface area contributed by atoms with E-state index in [9.17, 15) is 4.79 Å². The molecule has 19 nitrogen and oxygen atoms in total. The monoisotopic (exact) mass is 736 g/mol. The van der Waals surface area contributed by atoms with Crippen molar-refractivity contribution in [1.82, 2.24) is 59.8 Å². The number of pyridine rings is 2. The highest BCUT2D eigenvalue weighted by molar-refractivity contribution is 5.87. The fourth-order valence-electron chi connectivity index (χ4n) is 6.09. The van der Waals surface area contributed by atoms with Crippen molar-refractivity contribution in [2.75, 3.05) is 51.0 Å². The fourth-order valence-corrected chi connectivity index (χ4v) is 6.09. The predicted molar refractivity (Wildman–Crippen MR) is 197 cm³/mol. The molecule has 0 aromatic carbocycles. The van der Waals surface area contributed by atoms with Crippen molar-refractivity contribution in [3.05, 3.63) is 85.2 Å². The summed E-state index contributed by atoms with van der Waals surface area (Å²) < 4.78 is 13.6. The van der Waals surface area contributed by atoms with Crippen LogP contribution in [0.25, 0.3) is 11.3 Å². The summed E-state index contributed by atoms with van der Waals surface area (Å²) in [6, 6.07) is 11.3. The first-order valence-electron chi connectivity index (χ1n) is 17.0. The zero-order valence-corrected chi connectivity index (χ0v) is 30.0. The van der Waals surface area contributed by atoms with Gasteiger partial charge in [-0.2, -0.15) is 10.2 Å². The minimum atomic E-state index is -0.833. The highest BCUT2D eigenvalue weighted by Crippen LogP contribution is 2.31. The van der Waals surface area contributed by atoms with Gasteiger partial charge < -0.3 is 35.4 Å². The lowest BCUT2D eigenvalue weighted by atomic mass is 10.00. The van der Waals surface area contributed by atoms with Crippen molar-refractivity contribution in [1.29, 1.82) is 0 Å². The average Bonchev–Trinajstić information content (AvgIpc) is 4.03. The Hall–Kier alpha value is -6.76. The average molecular weight is 737 g/mol. The van der Waals surface area contributed by atoms with Crippen molar-refractivity contribution >= 4 is 46.2 Å². The first-order valence-corrected chi connectivity index (χ1v) is 17.0. The number of aliphatic carboxylic acids is 1. The van der Waals surface area contributed by atoms with Crippen molar-refractivity contribution in [3.63, 3.8) is 0 Å². The Kier molecular flexibility index (Phi) is 11.8. The van der Waals surface area contributed by atoms with Gasteiger partial charge in [0, 0.05) is 57.0 Å². The van der Waals surface area contributed by atoms with Gasteiger partial charge in [0.15, 0.2) is 22.9 Å². The van der Waals surface area contributed by atoms with E-state index in [4.69, 9.17) is 19.4 Å². The van der Waals surface area contributed by atoms with Crippen LogP contribution in [0.2, 0.25) is 0 Å². The molecule has 54 heavy (non-hydrogen) atoms. The Bertz CT molecular complexity index is 2200. The summed E-state index contributed by atoms with van der Waals surface area (Å²) in [4.78, 5) is 31.3. The number of carboxylic acid groups (broad SMARTS) is 1. The third kappa shape index (κ3) is 8.99. The molecule has 0 spiro atoms. The normalized spacial score (nSPS) is 16.2. The van der Waals surface area contributed by atoms with Crippen LogP contribution in [0.5, 0.6) is 11.8 Å². The zero-order chi connectivity index (χ0) is 38.0. The molecule has 0 saturated carbocycles. The molecule has 6 aromatic heterocycles. The lowest BCUT2D eigenvalue weighted by Gasteiger charge is -2.16. The first-order chi connectivity index (χ1) is 26.2. The number of hydrogen-bond acceptors (Lipinski definition) is 15. The molecule has 2 unspecified atom stereocenters. The molecule has 0 radical (unpaired) electrons. The van der Waals surface area contributed by atoms with E-state index in [0.717, 1.165) is 62.0 Å². The number of carbonyl (C=O) groups is 2. The Labute approximate surface area is 309 Å². The number of carboxylic acids is 1. The van der Waals surface area contributed by atoms with E-state index >= 15 is 0 Å². The lowest BCUT2D eigenvalue weighted by molar-refractivity contribution is -0.134. The summed E-state index contributed by atoms with van der Waals surface area (Å²) in [5.74, 6) is 1.99. The molecule has 2 saturated heterocycles. The summed E-state index contributed by atoms with van der Waals surface area (Å²) in [5.41, 5.74) is 5.41. The number of methoxy groups -OCH3 is 2. The standard InChI is InChI=1S/C18H19N7O2.C15H17N7O.C2H4O2/c1-3-17(26)24-7-6-12(9-24)13-8-14(18-19-11-20-25(18)10-13)21-15-4-5-16(27-2)23-22-15;1-23-14-3-2-13(20-21-14)19-12-6-11(10-4-5-16-7-10)8-22-15(12)17-9-18-22;1-2(3)4/h3-5,8,10-12H,1,6-7,9H2,2H3,(H,21,22);2-3,6,8-10,16H,4-5,7H2,1H3,(H,19,20);1H3,(H,3,4). The van der Waals surface area contributed by atoms with Crippen LogP contribution >= 0.6 is 0 Å². The number of fused-ring (bicyclic) bond motifs is 2. The maximum Gasteiger partial charge on any atom is 0.300 e. The summed E-state index contributed by atoms with van der Waals surface area (Å²) in [6.45, 7) is 8.06. The number of rotatable bonds is 9. The third-order valence-corrected chi connectivity index (χ3v) is 8.69. The van der Waals surface area contributed by atoms with Crippen LogP contribution in [0, 0.1) is 0 Å². The summed E-state index contributed by atoms with van der Waals surface area (Å²) in [6.07, 6.45) is 10.4. The molecule has 4 N–H and O–H groups in total. The SMILES string of the molecule is C=CC(=O)N1CCC(c2cc(Nc3ccc(OC)nn3)c3ncnn3c2)C1.CC(=O)O.COc1ccc(Nc2cc(C3CCNC3)cn3ncnc23)nn1. The van der Waals surface area contributed by atoms with Gasteiger partial charge in [0.1, 0.15) is 12.7 Å². The first kappa shape index (κ1) is 37.0. The Morgan fingerprint density at radius 3 is 1.83 bits per heavy atom. The van der Waals surface area contributed by atoms with Gasteiger partial charge in [-0.1, -0.05) is 6.58 Å². The molecule has 0 aliphatic carbocycles. The van der Waals surface area contributed by atoms with E-state index in [1.54, 1.807) is 47.8 Å². The van der Waals surface area contributed by atoms with E-state index in [0.29, 0.717) is 41.5 Å². The van der Waals surface area contributed by atoms with Crippen molar-refractivity contribution in [2.24, 2.45) is 0 Å². The van der Waals surface area contributed by atoms with E-state index in [-0.39, 0.29) is 11.8 Å². The molecular formula is C35H40N14O5. The fraction of sp³-hybridized carbons (Fsp3) is 0.314. The van der Waals surface area contributed by atoms with Crippen LogP contribution in [0.4, 0.5) is 23.0 Å². The molecule has 2 atom stereocenters. The molecule has 19 heteroatoms. The molecular weight excluding hydrogens is 696 g/mol. The van der Waals surface area contributed by atoms with E-state index in [1.165, 1.54) is 18.0 Å². The van der Waals surface area contributed by atoms with Gasteiger partial charge in [0.2, 0.25) is 17.7 Å². The van der Waals surface area contributed by atoms with Gasteiger partial charge in [-0.05, 0) is 66.8 Å². The molecule has 6 aromatic rings. The smallest absolute Gasteiger partial charge is 0.300 e. The maximum absolute atomic E-state index is 11.9. The minimum absolute atomic E-state index is 0.0359. The van der Waals surface area contributed by atoms with E-state index in [2.05, 4.69) is 69.2 Å². The number of aromatic nitrogens is 10. The quantitative estimate of drug-likeness (QED) is 0.156. The molecule has 2 aliphatic rings. The molecule has 280 valence electrons. The Morgan fingerprint density at radius 2 is 1.39 bits per heavy atom. The van der Waals surface area contributed by atoms with Crippen molar-refractivity contribution in [3.8, 4) is 11.8 Å². The van der Waals surface area contributed by atoms with E-state index < -0.39 is 5.97 Å². The molecule has 8 heterocycles. The summed E-state index contributed by atoms with van der Waals surface area (Å²) in [7, 11) is 3.11. The topological polar surface area (TPSA) is 224 Å². The van der Waals surface area contributed by atoms with Crippen LogP contribution in [-0.2, 0) is 9.59 Å². The number of hydrogen-bond donors (Lipinski definition) is 4. The molecule has 1 amide bonds. The molecule has 2 fully saturated rings. The second kappa shape index (κ2) is 17.2. The predicted octanol–water partition coefficient (Wildman–Crippen LogP) is 3.21. The van der Waals surface area contributed by atoms with Crippen LogP contribution < -0.4 is 25.4 Å². The van der Waals surface area contributed by atoms with Gasteiger partial charge in [-0.3, -0.25) is 9.59 Å². The number of nitrogens with one attached hydrogen (secondary N) is 3. The number of carbonyl (C=O) groups excluding carboxylic acids is 1. The van der Waals surface area contributed by atoms with E-state index in [1.807, 2.05) is 29.4 Å². The zero-order valence-electron chi connectivity index (χ0n) is 30.0. The number of likely N-dealkylation sites (tertiary alicyclic amines) is 1. The van der Waals surface area contributed by atoms with Gasteiger partial charge in [-0.15, -0.1) is 20.4 Å². The number of anilines is 4. The van der Waals surface area contributed by atoms with Crippen LogP contribution in [0.3, 0.4) is 0 Å². The van der Waals surface area contributed by atoms with Gasteiger partial charge >= 0.3 is 0 Å². The number of nitrogens with zero attached hydrogens (tertiary/aromatic N) is 11. The molecule has 0 bridgehead atoms. The maximum atomic E-state index is 11.9. The lowest BCUT2D eigenvalue weighted by Crippen LogP contribution is -2.26. The van der Waals surface area contributed by atoms with Gasteiger partial charge in [0.25, 0.3) is 5.97 Å². The largest absolute Gasteiger partial charge is 0.481 e. The second-order valence-corrected chi connectivity index (χ2v) is 12.3. The number of amides is 1. The Balaban J connectivity index is 0.000000169. The second-order valence-electron chi connectivity index (χ2n) is 12.3.